The van der Waals surface area contributed by atoms with Crippen molar-refractivity contribution in [3.63, 3.8) is 0 Å². The van der Waals surface area contributed by atoms with Crippen molar-refractivity contribution in [3.05, 3.63) is 0 Å². The van der Waals surface area contributed by atoms with Crippen LogP contribution in [-0.4, -0.2) is 25.2 Å². The van der Waals surface area contributed by atoms with Crippen molar-refractivity contribution in [1.29, 1.82) is 0 Å². The van der Waals surface area contributed by atoms with E-state index < -0.39 is 0 Å². The Balaban J connectivity index is 3.14. The van der Waals surface area contributed by atoms with Crippen LogP contribution in [0.5, 0.6) is 0 Å². The Kier molecular flexibility index (Phi) is 4.19. The third-order valence-corrected chi connectivity index (χ3v) is 1.74. The molecule has 1 atom stereocenters. The summed E-state index contributed by atoms with van der Waals surface area (Å²) in [5.41, 5.74) is 0. The third-order valence-electron chi connectivity index (χ3n) is 0.898. The van der Waals surface area contributed by atoms with Gasteiger partial charge in [0.1, 0.15) is 0 Å². The van der Waals surface area contributed by atoms with Gasteiger partial charge in [0.05, 0.1) is 0 Å². The molecule has 0 amide bonds. The number of hydrogen-bond acceptors (Lipinski definition) is 2. The topological polar surface area (TPSA) is 12.5 Å². The second-order valence-corrected chi connectivity index (χ2v) is 2.26. The van der Waals surface area contributed by atoms with Gasteiger partial charge in [-0.15, -0.1) is 0 Å². The molecule has 7 heavy (non-hydrogen) atoms. The van der Waals surface area contributed by atoms with Crippen LogP contribution in [0.25, 0.3) is 0 Å². The van der Waals surface area contributed by atoms with Crippen molar-refractivity contribution in [1.82, 2.24) is 4.90 Å². The quantitative estimate of drug-likeness (QED) is 0.568. The molecular weight excluding hydrogens is 169 g/mol. The second-order valence-electron chi connectivity index (χ2n) is 1.68. The molecule has 41 valence electrons. The van der Waals surface area contributed by atoms with E-state index in [-0.39, 0.29) is 6.23 Å². The predicted octanol–water partition coefficient (Wildman–Crippen LogP) is 0.372. The van der Waals surface area contributed by atoms with E-state index in [2.05, 4.69) is 0 Å². The zero-order valence-corrected chi connectivity index (χ0v) is 7.39. The molecule has 0 saturated heterocycles. The Morgan fingerprint density at radius 1 is 1.57 bits per heavy atom. The monoisotopic (exact) mass is 178 g/mol. The van der Waals surface area contributed by atoms with Gasteiger partial charge in [-0.1, -0.05) is 0 Å². The van der Waals surface area contributed by atoms with Crippen molar-refractivity contribution in [2.24, 2.45) is 0 Å². The van der Waals surface area contributed by atoms with Crippen LogP contribution in [-0.2, 0) is 28.0 Å². The molecule has 0 bridgehead atoms. The fraction of sp³-hybridized carbons (Fsp3) is 1.00. The molecule has 0 saturated carbocycles. The Labute approximate surface area is 60.3 Å². The van der Waals surface area contributed by atoms with Crippen LogP contribution < -0.4 is 0 Å². The zero-order valence-electron chi connectivity index (χ0n) is 4.93. The van der Waals surface area contributed by atoms with Crippen LogP contribution in [0.4, 0.5) is 0 Å². The number of rotatable bonds is 2. The van der Waals surface area contributed by atoms with Gasteiger partial charge in [0, 0.05) is 0 Å². The summed E-state index contributed by atoms with van der Waals surface area (Å²) in [5.74, 6) is 0. The summed E-state index contributed by atoms with van der Waals surface area (Å²) < 4.78 is 5.03. The van der Waals surface area contributed by atoms with Crippen molar-refractivity contribution >= 4 is 0 Å². The van der Waals surface area contributed by atoms with E-state index in [1.165, 1.54) is 0 Å². The van der Waals surface area contributed by atoms with Gasteiger partial charge in [-0.2, -0.15) is 0 Å². The standard InChI is InChI=1S/C4H10NO.Zr/c1-4(6)5(2)3;/h4H,1-3H3;/q-1;+1. The molecule has 0 spiro atoms. The molecule has 0 N–H and O–H groups in total. The van der Waals surface area contributed by atoms with Crippen LogP contribution in [0.1, 0.15) is 6.92 Å². The maximum absolute atomic E-state index is 5.03. The van der Waals surface area contributed by atoms with E-state index >= 15 is 0 Å². The van der Waals surface area contributed by atoms with Gasteiger partial charge in [-0.05, 0) is 0 Å². The van der Waals surface area contributed by atoms with E-state index in [0.29, 0.717) is 0 Å². The van der Waals surface area contributed by atoms with Crippen LogP contribution >= 0.6 is 0 Å². The first kappa shape index (κ1) is 7.80. The Bertz CT molecular complexity index is 49.0. The van der Waals surface area contributed by atoms with Gasteiger partial charge < -0.3 is 0 Å². The molecule has 0 fully saturated rings. The molecule has 0 heterocycles. The van der Waals surface area contributed by atoms with Gasteiger partial charge in [0.15, 0.2) is 0 Å². The van der Waals surface area contributed by atoms with Crippen LogP contribution in [0, 0.1) is 0 Å². The first-order valence-electron chi connectivity index (χ1n) is 2.17. The minimum atomic E-state index is 0.276. The number of hydrogen-bond donors (Lipinski definition) is 0. The van der Waals surface area contributed by atoms with E-state index in [1.807, 2.05) is 25.9 Å². The summed E-state index contributed by atoms with van der Waals surface area (Å²) >= 11 is 1.14. The summed E-state index contributed by atoms with van der Waals surface area (Å²) in [6, 6.07) is 0. The summed E-state index contributed by atoms with van der Waals surface area (Å²) in [6.07, 6.45) is 0.276. The van der Waals surface area contributed by atoms with Crippen molar-refractivity contribution in [3.8, 4) is 0 Å². The van der Waals surface area contributed by atoms with Crippen molar-refractivity contribution in [2.45, 2.75) is 13.2 Å². The summed E-state index contributed by atoms with van der Waals surface area (Å²) in [6.45, 7) is 2.02. The first-order chi connectivity index (χ1) is 3.18. The molecule has 0 rings (SSSR count). The van der Waals surface area contributed by atoms with Gasteiger partial charge in [0.25, 0.3) is 0 Å². The Hall–Kier alpha value is 0.803. The van der Waals surface area contributed by atoms with Gasteiger partial charge in [0.2, 0.25) is 0 Å². The zero-order chi connectivity index (χ0) is 5.86. The molecule has 0 aromatic carbocycles. The Morgan fingerprint density at radius 3 is 2.00 bits per heavy atom. The summed E-state index contributed by atoms with van der Waals surface area (Å²) in [5, 5.41) is 0. The normalized spacial score (nSPS) is 14.7. The van der Waals surface area contributed by atoms with E-state index in [0.717, 1.165) is 25.2 Å². The van der Waals surface area contributed by atoms with Gasteiger partial charge >= 0.3 is 60.1 Å². The van der Waals surface area contributed by atoms with Crippen molar-refractivity contribution < 1.29 is 28.0 Å². The van der Waals surface area contributed by atoms with Crippen molar-refractivity contribution in [2.75, 3.05) is 14.1 Å². The molecule has 0 aliphatic heterocycles. The fourth-order valence-corrected chi connectivity index (χ4v) is 0.624. The maximum atomic E-state index is 5.03. The fourth-order valence-electron chi connectivity index (χ4n) is 0.105. The first-order valence-corrected chi connectivity index (χ1v) is 3.17. The molecule has 0 aromatic rings. The van der Waals surface area contributed by atoms with E-state index in [9.17, 15) is 0 Å². The van der Waals surface area contributed by atoms with Crippen LogP contribution in [0.3, 0.4) is 0 Å². The summed E-state index contributed by atoms with van der Waals surface area (Å²) in [7, 11) is 3.99. The van der Waals surface area contributed by atoms with Gasteiger partial charge in [-0.25, -0.2) is 0 Å². The van der Waals surface area contributed by atoms with Crippen LogP contribution in [0.15, 0.2) is 0 Å². The molecule has 1 unspecified atom stereocenters. The third kappa shape index (κ3) is 3.39. The van der Waals surface area contributed by atoms with E-state index in [1.54, 1.807) is 0 Å². The molecular formula is C4H10NOZr. The predicted molar refractivity (Wildman–Crippen MR) is 24.2 cm³/mol. The molecule has 0 radical (unpaired) electrons. The SMILES string of the molecule is CC([O][Zr])N(C)C. The van der Waals surface area contributed by atoms with E-state index in [4.69, 9.17) is 2.81 Å². The average molecular weight is 179 g/mol. The summed E-state index contributed by atoms with van der Waals surface area (Å²) in [4.78, 5) is 2.02. The molecule has 3 heteroatoms. The minimum absolute atomic E-state index is 0.276. The average Bonchev–Trinajstić information content (AvgIpc) is 1.65. The van der Waals surface area contributed by atoms with Crippen LogP contribution in [0.2, 0.25) is 0 Å². The molecule has 2 nitrogen and oxygen atoms in total. The molecule has 0 aromatic heterocycles. The second kappa shape index (κ2) is 3.76. The molecule has 0 aliphatic rings. The number of nitrogens with zero attached hydrogens (tertiary/aromatic N) is 1. The van der Waals surface area contributed by atoms with Gasteiger partial charge in [-0.3, -0.25) is 0 Å². The Morgan fingerprint density at radius 2 is 2.00 bits per heavy atom. The molecule has 0 aliphatic carbocycles.